The zero-order chi connectivity index (χ0) is 12.2. The van der Waals surface area contributed by atoms with Gasteiger partial charge in [-0.3, -0.25) is 0 Å². The third-order valence-corrected chi connectivity index (χ3v) is 2.62. The lowest BCUT2D eigenvalue weighted by Crippen LogP contribution is -2.21. The molecule has 0 aliphatic rings. The lowest BCUT2D eigenvalue weighted by molar-refractivity contribution is 0.125. The molecule has 0 radical (unpaired) electrons. The zero-order valence-corrected chi connectivity index (χ0v) is 11.2. The Hall–Kier alpha value is -0.120. The smallest absolute Gasteiger partial charge is 0.0590 e. The third kappa shape index (κ3) is 12.0. The summed E-state index contributed by atoms with van der Waals surface area (Å²) < 4.78 is 5.49. The van der Waals surface area contributed by atoms with E-state index in [1.54, 1.807) is 0 Å². The van der Waals surface area contributed by atoms with Crippen molar-refractivity contribution in [1.82, 2.24) is 5.32 Å². The van der Waals surface area contributed by atoms with E-state index in [0.717, 1.165) is 51.5 Å². The minimum Gasteiger partial charge on any atom is -0.396 e. The van der Waals surface area contributed by atoms with Crippen LogP contribution in [0.2, 0.25) is 0 Å². The Kier molecular flexibility index (Phi) is 11.3. The lowest BCUT2D eigenvalue weighted by atomic mass is 10.1. The summed E-state index contributed by atoms with van der Waals surface area (Å²) in [7, 11) is 0. The summed E-state index contributed by atoms with van der Waals surface area (Å²) in [6.07, 6.45) is 3.37. The summed E-state index contributed by atoms with van der Waals surface area (Å²) >= 11 is 0. The van der Waals surface area contributed by atoms with Crippen molar-refractivity contribution in [2.75, 3.05) is 32.9 Å². The van der Waals surface area contributed by atoms with E-state index in [1.807, 2.05) is 0 Å². The summed E-state index contributed by atoms with van der Waals surface area (Å²) in [5, 5.41) is 12.2. The van der Waals surface area contributed by atoms with Gasteiger partial charge in [0.25, 0.3) is 0 Å². The van der Waals surface area contributed by atoms with E-state index in [-0.39, 0.29) is 0 Å². The first kappa shape index (κ1) is 15.9. The summed E-state index contributed by atoms with van der Waals surface area (Å²) in [5.41, 5.74) is 0. The molecule has 0 aromatic heterocycles. The number of hydrogen-bond acceptors (Lipinski definition) is 3. The largest absolute Gasteiger partial charge is 0.396 e. The Morgan fingerprint density at radius 2 is 1.81 bits per heavy atom. The molecular weight excluding hydrogens is 202 g/mol. The molecule has 0 aromatic rings. The van der Waals surface area contributed by atoms with Crippen LogP contribution < -0.4 is 5.32 Å². The molecule has 0 heterocycles. The number of nitrogens with one attached hydrogen (secondary N) is 1. The minimum absolute atomic E-state index is 0.304. The number of aliphatic hydroxyl groups excluding tert-OH is 1. The SMILES string of the molecule is CC(C)CCOCCNCCCC(C)CO. The fraction of sp³-hybridized carbons (Fsp3) is 1.00. The quantitative estimate of drug-likeness (QED) is 0.535. The highest BCUT2D eigenvalue weighted by molar-refractivity contribution is 4.53. The average molecular weight is 231 g/mol. The Balaban J connectivity index is 2.99. The van der Waals surface area contributed by atoms with Gasteiger partial charge in [0.1, 0.15) is 0 Å². The van der Waals surface area contributed by atoms with Gasteiger partial charge >= 0.3 is 0 Å². The predicted molar refractivity (Wildman–Crippen MR) is 68.6 cm³/mol. The van der Waals surface area contributed by atoms with Gasteiger partial charge in [0, 0.05) is 19.8 Å². The van der Waals surface area contributed by atoms with E-state index in [9.17, 15) is 0 Å². The molecule has 0 aliphatic carbocycles. The second kappa shape index (κ2) is 11.4. The maximum Gasteiger partial charge on any atom is 0.0590 e. The topological polar surface area (TPSA) is 41.5 Å². The molecule has 0 saturated carbocycles. The fourth-order valence-electron chi connectivity index (χ4n) is 1.36. The Morgan fingerprint density at radius 1 is 1.06 bits per heavy atom. The highest BCUT2D eigenvalue weighted by atomic mass is 16.5. The van der Waals surface area contributed by atoms with Crippen LogP contribution in [-0.2, 0) is 4.74 Å². The molecule has 0 aliphatic heterocycles. The van der Waals surface area contributed by atoms with Crippen molar-refractivity contribution >= 4 is 0 Å². The molecule has 0 spiro atoms. The second-order valence-corrected chi connectivity index (χ2v) is 4.97. The van der Waals surface area contributed by atoms with Crippen LogP contribution in [0.5, 0.6) is 0 Å². The summed E-state index contributed by atoms with van der Waals surface area (Å²) in [6, 6.07) is 0. The van der Waals surface area contributed by atoms with Crippen LogP contribution in [0.25, 0.3) is 0 Å². The van der Waals surface area contributed by atoms with Gasteiger partial charge in [0.15, 0.2) is 0 Å². The highest BCUT2D eigenvalue weighted by Crippen LogP contribution is 2.02. The van der Waals surface area contributed by atoms with Crippen molar-refractivity contribution in [2.24, 2.45) is 11.8 Å². The van der Waals surface area contributed by atoms with Crippen LogP contribution in [0.1, 0.15) is 40.0 Å². The van der Waals surface area contributed by atoms with Crippen molar-refractivity contribution in [3.8, 4) is 0 Å². The van der Waals surface area contributed by atoms with Crippen LogP contribution in [0.4, 0.5) is 0 Å². The maximum absolute atomic E-state index is 8.84. The maximum atomic E-state index is 8.84. The van der Waals surface area contributed by atoms with Crippen molar-refractivity contribution in [3.63, 3.8) is 0 Å². The van der Waals surface area contributed by atoms with Crippen molar-refractivity contribution in [2.45, 2.75) is 40.0 Å². The minimum atomic E-state index is 0.304. The zero-order valence-electron chi connectivity index (χ0n) is 11.2. The Morgan fingerprint density at radius 3 is 2.44 bits per heavy atom. The predicted octanol–water partition coefficient (Wildman–Crippen LogP) is 2.05. The third-order valence-electron chi connectivity index (χ3n) is 2.62. The van der Waals surface area contributed by atoms with Gasteiger partial charge in [-0.15, -0.1) is 0 Å². The molecule has 0 saturated heterocycles. The Bertz CT molecular complexity index is 140. The normalized spacial score (nSPS) is 13.3. The van der Waals surface area contributed by atoms with Gasteiger partial charge in [-0.25, -0.2) is 0 Å². The van der Waals surface area contributed by atoms with Crippen LogP contribution in [0.15, 0.2) is 0 Å². The molecule has 3 nitrogen and oxygen atoms in total. The molecular formula is C13H29NO2. The summed E-state index contributed by atoms with van der Waals surface area (Å²) in [6.45, 7) is 10.5. The van der Waals surface area contributed by atoms with E-state index in [4.69, 9.17) is 9.84 Å². The molecule has 1 unspecified atom stereocenters. The van der Waals surface area contributed by atoms with Crippen LogP contribution in [0, 0.1) is 11.8 Å². The second-order valence-electron chi connectivity index (χ2n) is 4.97. The van der Waals surface area contributed by atoms with E-state index < -0.39 is 0 Å². The van der Waals surface area contributed by atoms with E-state index in [1.165, 1.54) is 0 Å². The van der Waals surface area contributed by atoms with Gasteiger partial charge < -0.3 is 15.2 Å². The van der Waals surface area contributed by atoms with E-state index in [2.05, 4.69) is 26.1 Å². The van der Waals surface area contributed by atoms with Crippen LogP contribution in [-0.4, -0.2) is 38.0 Å². The van der Waals surface area contributed by atoms with E-state index in [0.29, 0.717) is 12.5 Å². The molecule has 0 amide bonds. The van der Waals surface area contributed by atoms with Crippen molar-refractivity contribution in [1.29, 1.82) is 0 Å². The molecule has 0 fully saturated rings. The first-order valence-electron chi connectivity index (χ1n) is 6.56. The fourth-order valence-corrected chi connectivity index (χ4v) is 1.36. The van der Waals surface area contributed by atoms with Gasteiger partial charge in [-0.2, -0.15) is 0 Å². The van der Waals surface area contributed by atoms with Crippen molar-refractivity contribution in [3.05, 3.63) is 0 Å². The standard InChI is InChI=1S/C13H29NO2/c1-12(2)6-9-16-10-8-14-7-4-5-13(3)11-15/h12-15H,4-11H2,1-3H3. The van der Waals surface area contributed by atoms with Gasteiger partial charge in [-0.1, -0.05) is 20.8 Å². The first-order valence-corrected chi connectivity index (χ1v) is 6.56. The molecule has 16 heavy (non-hydrogen) atoms. The van der Waals surface area contributed by atoms with Gasteiger partial charge in [-0.05, 0) is 37.6 Å². The number of hydrogen-bond donors (Lipinski definition) is 2. The molecule has 0 aromatic carbocycles. The lowest BCUT2D eigenvalue weighted by Gasteiger charge is -2.09. The average Bonchev–Trinajstić information content (AvgIpc) is 2.26. The molecule has 0 rings (SSSR count). The Labute approximate surface area is 101 Å². The molecule has 98 valence electrons. The number of rotatable bonds is 11. The first-order chi connectivity index (χ1) is 7.66. The molecule has 3 heteroatoms. The number of aliphatic hydroxyl groups is 1. The highest BCUT2D eigenvalue weighted by Gasteiger charge is 1.98. The van der Waals surface area contributed by atoms with Crippen LogP contribution >= 0.6 is 0 Å². The molecule has 1 atom stereocenters. The molecule has 0 bridgehead atoms. The monoisotopic (exact) mass is 231 g/mol. The van der Waals surface area contributed by atoms with Crippen molar-refractivity contribution < 1.29 is 9.84 Å². The number of ether oxygens (including phenoxy) is 1. The summed E-state index contributed by atoms with van der Waals surface area (Å²) in [4.78, 5) is 0. The van der Waals surface area contributed by atoms with Gasteiger partial charge in [0.2, 0.25) is 0 Å². The summed E-state index contributed by atoms with van der Waals surface area (Å²) in [5.74, 6) is 1.16. The van der Waals surface area contributed by atoms with Crippen LogP contribution in [0.3, 0.4) is 0 Å². The molecule has 2 N–H and O–H groups in total. The van der Waals surface area contributed by atoms with Gasteiger partial charge in [0.05, 0.1) is 6.61 Å². The van der Waals surface area contributed by atoms with E-state index >= 15 is 0 Å².